The van der Waals surface area contributed by atoms with E-state index in [0.29, 0.717) is 11.4 Å². The van der Waals surface area contributed by atoms with E-state index in [4.69, 9.17) is 4.74 Å². The van der Waals surface area contributed by atoms with Gasteiger partial charge in [-0.25, -0.2) is 0 Å². The van der Waals surface area contributed by atoms with Crippen LogP contribution in [0, 0.1) is 0 Å². The van der Waals surface area contributed by atoms with Gasteiger partial charge in [0.2, 0.25) is 0 Å². The fourth-order valence-electron chi connectivity index (χ4n) is 2.16. The zero-order valence-corrected chi connectivity index (χ0v) is 9.14. The van der Waals surface area contributed by atoms with Gasteiger partial charge in [0.05, 0.1) is 5.25 Å². The normalized spacial score (nSPS) is 39.2. The van der Waals surface area contributed by atoms with E-state index >= 15 is 0 Å². The Kier molecular flexibility index (Phi) is 2.72. The first-order valence-electron chi connectivity index (χ1n) is 5.04. The fraction of sp³-hybridized carbons (Fsp3) is 0.800. The summed E-state index contributed by atoms with van der Waals surface area (Å²) in [5.74, 6) is 0.893. The number of hydrogen-bond acceptors (Lipinski definition) is 2. The molecular weight excluding hydrogens is 182 g/mol. The molecule has 0 amide bonds. The second-order valence-electron chi connectivity index (χ2n) is 3.67. The maximum absolute atomic E-state index is 5.76. The predicted octanol–water partition coefficient (Wildman–Crippen LogP) is 2.75. The minimum absolute atomic E-state index is 0.140. The lowest BCUT2D eigenvalue weighted by atomic mass is 9.97. The molecule has 0 aromatic rings. The van der Waals surface area contributed by atoms with Crippen molar-refractivity contribution in [3.05, 3.63) is 0 Å². The molecule has 1 fully saturated rings. The van der Waals surface area contributed by atoms with Crippen molar-refractivity contribution in [1.82, 2.24) is 0 Å². The van der Waals surface area contributed by atoms with Crippen molar-refractivity contribution in [2.24, 2.45) is 4.40 Å². The first kappa shape index (κ1) is 9.25. The zero-order chi connectivity index (χ0) is 9.26. The van der Waals surface area contributed by atoms with Crippen molar-refractivity contribution >= 4 is 21.9 Å². The third kappa shape index (κ3) is 1.80. The zero-order valence-electron chi connectivity index (χ0n) is 8.32. The third-order valence-electron chi connectivity index (χ3n) is 2.75. The second kappa shape index (κ2) is 3.82. The van der Waals surface area contributed by atoms with Gasteiger partial charge in [-0.2, -0.15) is 4.40 Å². The Labute approximate surface area is 82.5 Å². The van der Waals surface area contributed by atoms with Gasteiger partial charge in [-0.05, 0) is 31.6 Å². The Morgan fingerprint density at radius 1 is 1.46 bits per heavy atom. The van der Waals surface area contributed by atoms with Crippen LogP contribution in [-0.4, -0.2) is 22.6 Å². The summed E-state index contributed by atoms with van der Waals surface area (Å²) in [5, 5.41) is 2.93. The van der Waals surface area contributed by atoms with E-state index in [-0.39, 0.29) is 10.7 Å². The summed E-state index contributed by atoms with van der Waals surface area (Å²) in [6.07, 6.45) is 5.68. The van der Waals surface area contributed by atoms with Crippen molar-refractivity contribution in [1.29, 1.82) is 0 Å². The van der Waals surface area contributed by atoms with Crippen LogP contribution in [0.5, 0.6) is 0 Å². The molecule has 0 spiro atoms. The lowest BCUT2D eigenvalue weighted by molar-refractivity contribution is 0.144. The monoisotopic (exact) mass is 199 g/mol. The first-order valence-corrected chi connectivity index (χ1v) is 6.35. The highest BCUT2D eigenvalue weighted by Crippen LogP contribution is 2.39. The third-order valence-corrected chi connectivity index (χ3v) is 4.86. The summed E-state index contributed by atoms with van der Waals surface area (Å²) in [7, 11) is 0.140. The minimum Gasteiger partial charge on any atom is -0.476 e. The first-order chi connectivity index (χ1) is 6.31. The molecule has 3 heteroatoms. The van der Waals surface area contributed by atoms with E-state index in [0.717, 1.165) is 5.90 Å². The molecule has 2 aliphatic rings. The highest BCUT2D eigenvalue weighted by atomic mass is 32.2. The maximum Gasteiger partial charge on any atom is 0.191 e. The molecule has 0 bridgehead atoms. The van der Waals surface area contributed by atoms with Crippen LogP contribution in [0.25, 0.3) is 0 Å². The van der Waals surface area contributed by atoms with Gasteiger partial charge >= 0.3 is 0 Å². The lowest BCUT2D eigenvalue weighted by Crippen LogP contribution is -2.35. The Morgan fingerprint density at radius 3 is 3.00 bits per heavy atom. The molecule has 0 N–H and O–H groups in total. The summed E-state index contributed by atoms with van der Waals surface area (Å²) in [6, 6.07) is 0. The molecule has 0 aromatic carbocycles. The average Bonchev–Trinajstić information content (AvgIpc) is 2.16. The molecule has 1 aliphatic carbocycles. The molecule has 3 unspecified atom stereocenters. The molecule has 0 saturated heterocycles. The van der Waals surface area contributed by atoms with Crippen molar-refractivity contribution in [3.8, 4) is 0 Å². The largest absolute Gasteiger partial charge is 0.476 e. The number of hydrogen-bond donors (Lipinski definition) is 0. The molecule has 13 heavy (non-hydrogen) atoms. The minimum atomic E-state index is 0.140. The van der Waals surface area contributed by atoms with Crippen LogP contribution in [0.15, 0.2) is 4.40 Å². The topological polar surface area (TPSA) is 21.6 Å². The second-order valence-corrected chi connectivity index (χ2v) is 5.63. The van der Waals surface area contributed by atoms with Crippen LogP contribution in [0.4, 0.5) is 0 Å². The summed E-state index contributed by atoms with van der Waals surface area (Å²) >= 11 is 0. The molecule has 74 valence electrons. The molecule has 0 aromatic heterocycles. The molecule has 0 radical (unpaired) electrons. The van der Waals surface area contributed by atoms with Crippen LogP contribution in [0.2, 0.25) is 0 Å². The maximum atomic E-state index is 5.76. The number of fused-ring (bicyclic) bond motifs is 1. The van der Waals surface area contributed by atoms with E-state index in [2.05, 4.69) is 16.7 Å². The highest BCUT2D eigenvalue weighted by Gasteiger charge is 2.32. The summed E-state index contributed by atoms with van der Waals surface area (Å²) < 4.78 is 10.3. The fourth-order valence-corrected chi connectivity index (χ4v) is 4.00. The quantitative estimate of drug-likeness (QED) is 0.550. The van der Waals surface area contributed by atoms with E-state index in [1.54, 1.807) is 0 Å². The van der Waals surface area contributed by atoms with E-state index in [1.165, 1.54) is 25.7 Å². The molecule has 3 atom stereocenters. The van der Waals surface area contributed by atoms with Gasteiger partial charge < -0.3 is 4.74 Å². The number of nitrogens with zero attached hydrogens (tertiary/aromatic N) is 1. The van der Waals surface area contributed by atoms with Crippen LogP contribution in [-0.2, 0) is 4.74 Å². The van der Waals surface area contributed by atoms with E-state index < -0.39 is 0 Å². The number of ether oxygens (including phenoxy) is 1. The van der Waals surface area contributed by atoms with Gasteiger partial charge in [0, 0.05) is 6.92 Å². The van der Waals surface area contributed by atoms with Gasteiger partial charge in [0.25, 0.3) is 0 Å². The van der Waals surface area contributed by atoms with E-state index in [9.17, 15) is 0 Å². The van der Waals surface area contributed by atoms with Crippen LogP contribution in [0.1, 0.15) is 39.5 Å². The molecule has 1 heterocycles. The predicted molar refractivity (Wildman–Crippen MR) is 59.6 cm³/mol. The molecule has 2 nitrogen and oxygen atoms in total. The molecule has 1 saturated carbocycles. The van der Waals surface area contributed by atoms with Gasteiger partial charge in [-0.15, -0.1) is 0 Å². The van der Waals surface area contributed by atoms with Crippen molar-refractivity contribution in [2.75, 3.05) is 0 Å². The van der Waals surface area contributed by atoms with Gasteiger partial charge in [-0.1, -0.05) is 17.1 Å². The average molecular weight is 199 g/mol. The van der Waals surface area contributed by atoms with Crippen LogP contribution in [0.3, 0.4) is 0 Å². The SMILES string of the molecule is C/C=S1\N=C(C)OC2CCCCC21. The standard InChI is InChI=1S/C10H17NOS/c1-3-13-10-7-5-4-6-9(10)12-8(2)11-13/h3,9-10H,4-7H2,1-2H3. The Morgan fingerprint density at radius 2 is 2.23 bits per heavy atom. The van der Waals surface area contributed by atoms with Crippen molar-refractivity contribution in [3.63, 3.8) is 0 Å². The Bertz CT molecular complexity index is 260. The molecular formula is C10H17NOS. The molecule has 2 rings (SSSR count). The summed E-state index contributed by atoms with van der Waals surface area (Å²) in [5.41, 5.74) is 0. The number of rotatable bonds is 0. The van der Waals surface area contributed by atoms with E-state index in [1.807, 2.05) is 6.92 Å². The van der Waals surface area contributed by atoms with Crippen molar-refractivity contribution < 1.29 is 4.74 Å². The van der Waals surface area contributed by atoms with Gasteiger partial charge in [0.15, 0.2) is 5.90 Å². The van der Waals surface area contributed by atoms with Crippen molar-refractivity contribution in [2.45, 2.75) is 50.9 Å². The van der Waals surface area contributed by atoms with Gasteiger partial charge in [-0.3, -0.25) is 0 Å². The molecule has 1 aliphatic heterocycles. The smallest absolute Gasteiger partial charge is 0.191 e. The summed E-state index contributed by atoms with van der Waals surface area (Å²) in [4.78, 5) is 0. The van der Waals surface area contributed by atoms with Gasteiger partial charge in [0.1, 0.15) is 6.10 Å². The highest BCUT2D eigenvalue weighted by molar-refractivity contribution is 8.14. The Hall–Kier alpha value is -0.310. The lowest BCUT2D eigenvalue weighted by Gasteiger charge is -2.35. The summed E-state index contributed by atoms with van der Waals surface area (Å²) in [6.45, 7) is 4.10. The Balaban J connectivity index is 2.23. The van der Waals surface area contributed by atoms with Crippen LogP contribution < -0.4 is 0 Å². The van der Waals surface area contributed by atoms with Crippen LogP contribution >= 0.6 is 10.7 Å².